The van der Waals surface area contributed by atoms with E-state index in [2.05, 4.69) is 4.98 Å². The number of benzene rings is 1. The Hall–Kier alpha value is -1.88. The molecule has 1 aliphatic carbocycles. The number of hydrogen-bond acceptors (Lipinski definition) is 2. The van der Waals surface area contributed by atoms with Crippen molar-refractivity contribution in [1.29, 1.82) is 0 Å². The summed E-state index contributed by atoms with van der Waals surface area (Å²) in [5.74, 6) is 0.445. The number of amides is 1. The van der Waals surface area contributed by atoms with Crippen molar-refractivity contribution in [2.75, 3.05) is 0 Å². The molecule has 1 heterocycles. The van der Waals surface area contributed by atoms with E-state index in [0.29, 0.717) is 29.7 Å². The van der Waals surface area contributed by atoms with Gasteiger partial charge in [-0.3, -0.25) is 4.79 Å². The Morgan fingerprint density at radius 2 is 2.27 bits per heavy atom. The maximum absolute atomic E-state index is 13.9. The molecule has 0 bridgehead atoms. The van der Waals surface area contributed by atoms with Gasteiger partial charge in [-0.05, 0) is 25.0 Å². The number of imidazole rings is 1. The summed E-state index contributed by atoms with van der Waals surface area (Å²) in [4.78, 5) is 17.9. The van der Waals surface area contributed by atoms with E-state index >= 15 is 0 Å². The second kappa shape index (κ2) is 6.08. The monoisotopic (exact) mass is 321 g/mol. The highest BCUT2D eigenvalue weighted by Crippen LogP contribution is 2.28. The molecule has 3 rings (SSSR count). The van der Waals surface area contributed by atoms with Gasteiger partial charge in [-0.15, -0.1) is 0 Å². The van der Waals surface area contributed by atoms with Gasteiger partial charge in [-0.2, -0.15) is 0 Å². The fourth-order valence-electron chi connectivity index (χ4n) is 2.53. The van der Waals surface area contributed by atoms with E-state index in [-0.39, 0.29) is 11.7 Å². The first-order valence-electron chi connectivity index (χ1n) is 7.26. The van der Waals surface area contributed by atoms with Crippen LogP contribution in [0.5, 0.6) is 0 Å². The van der Waals surface area contributed by atoms with Crippen molar-refractivity contribution in [3.8, 4) is 0 Å². The van der Waals surface area contributed by atoms with Gasteiger partial charge in [0.1, 0.15) is 11.6 Å². The molecule has 1 fully saturated rings. The van der Waals surface area contributed by atoms with Crippen LogP contribution in [0.15, 0.2) is 30.6 Å². The maximum Gasteiger partial charge on any atom is 0.220 e. The molecule has 0 spiro atoms. The third-order valence-corrected chi connectivity index (χ3v) is 4.25. The first-order chi connectivity index (χ1) is 10.6. The van der Waals surface area contributed by atoms with Crippen LogP contribution < -0.4 is 0 Å². The van der Waals surface area contributed by atoms with Crippen LogP contribution in [0, 0.1) is 5.82 Å². The number of nitrogens with zero attached hydrogens (tertiary/aromatic N) is 3. The number of rotatable bonds is 5. The average molecular weight is 322 g/mol. The summed E-state index contributed by atoms with van der Waals surface area (Å²) in [6.45, 7) is 2.32. The van der Waals surface area contributed by atoms with Gasteiger partial charge in [0.15, 0.2) is 0 Å². The van der Waals surface area contributed by atoms with Gasteiger partial charge in [0.05, 0.1) is 13.1 Å². The van der Waals surface area contributed by atoms with Gasteiger partial charge in [0.25, 0.3) is 0 Å². The van der Waals surface area contributed by atoms with Crippen molar-refractivity contribution in [3.63, 3.8) is 0 Å². The summed E-state index contributed by atoms with van der Waals surface area (Å²) in [5, 5.41) is 0.394. The Labute approximate surface area is 133 Å². The molecule has 1 aromatic heterocycles. The van der Waals surface area contributed by atoms with Crippen LogP contribution in [-0.2, 0) is 17.9 Å². The summed E-state index contributed by atoms with van der Waals surface area (Å²) in [5.41, 5.74) is 0.434. The van der Waals surface area contributed by atoms with Crippen LogP contribution in [0.1, 0.15) is 31.2 Å². The Kier molecular flexibility index (Phi) is 4.16. The van der Waals surface area contributed by atoms with Crippen LogP contribution in [-0.4, -0.2) is 26.4 Å². The minimum absolute atomic E-state index is 0.0426. The van der Waals surface area contributed by atoms with Crippen molar-refractivity contribution >= 4 is 17.5 Å². The first kappa shape index (κ1) is 15.0. The van der Waals surface area contributed by atoms with Crippen LogP contribution in [0.4, 0.5) is 4.39 Å². The molecule has 22 heavy (non-hydrogen) atoms. The Bertz CT molecular complexity index is 676. The van der Waals surface area contributed by atoms with E-state index in [4.69, 9.17) is 11.6 Å². The van der Waals surface area contributed by atoms with E-state index < -0.39 is 0 Å². The summed E-state index contributed by atoms with van der Waals surface area (Å²) < 4.78 is 15.8. The lowest BCUT2D eigenvalue weighted by molar-refractivity contribution is -0.130. The highest BCUT2D eigenvalue weighted by Gasteiger charge is 2.31. The SMILES string of the molecule is CC(=O)N(Cc1nccn1Cc1c(F)cccc1Cl)C1CC1. The number of carbonyl (C=O) groups is 1. The van der Waals surface area contributed by atoms with Crippen molar-refractivity contribution in [3.05, 3.63) is 52.8 Å². The maximum atomic E-state index is 13.9. The Morgan fingerprint density at radius 1 is 1.50 bits per heavy atom. The summed E-state index contributed by atoms with van der Waals surface area (Å²) in [7, 11) is 0. The molecule has 0 unspecified atom stereocenters. The second-order valence-corrected chi connectivity index (χ2v) is 5.96. The molecule has 4 nitrogen and oxygen atoms in total. The molecule has 0 N–H and O–H groups in total. The second-order valence-electron chi connectivity index (χ2n) is 5.55. The quantitative estimate of drug-likeness (QED) is 0.848. The number of aromatic nitrogens is 2. The van der Waals surface area contributed by atoms with E-state index in [9.17, 15) is 9.18 Å². The Balaban J connectivity index is 1.81. The van der Waals surface area contributed by atoms with Gasteiger partial charge in [-0.25, -0.2) is 9.37 Å². The third kappa shape index (κ3) is 3.14. The lowest BCUT2D eigenvalue weighted by atomic mass is 10.2. The van der Waals surface area contributed by atoms with Crippen molar-refractivity contribution in [1.82, 2.24) is 14.5 Å². The molecule has 0 saturated heterocycles. The third-order valence-electron chi connectivity index (χ3n) is 3.90. The van der Waals surface area contributed by atoms with Gasteiger partial charge in [0, 0.05) is 35.9 Å². The molecule has 0 aliphatic heterocycles. The zero-order chi connectivity index (χ0) is 15.7. The van der Waals surface area contributed by atoms with E-state index in [1.807, 2.05) is 9.47 Å². The van der Waals surface area contributed by atoms with Gasteiger partial charge < -0.3 is 9.47 Å². The first-order valence-corrected chi connectivity index (χ1v) is 7.64. The minimum atomic E-state index is -0.335. The molecule has 116 valence electrons. The van der Waals surface area contributed by atoms with Crippen LogP contribution in [0.2, 0.25) is 5.02 Å². The Morgan fingerprint density at radius 3 is 2.91 bits per heavy atom. The number of hydrogen-bond donors (Lipinski definition) is 0. The summed E-state index contributed by atoms with van der Waals surface area (Å²) in [6, 6.07) is 4.97. The lowest BCUT2D eigenvalue weighted by Gasteiger charge is -2.21. The predicted molar refractivity (Wildman–Crippen MR) is 82.0 cm³/mol. The number of carbonyl (C=O) groups excluding carboxylic acids is 1. The highest BCUT2D eigenvalue weighted by molar-refractivity contribution is 6.31. The molecule has 1 aromatic carbocycles. The van der Waals surface area contributed by atoms with Crippen LogP contribution in [0.3, 0.4) is 0 Å². The molecule has 0 atom stereocenters. The molecule has 1 aliphatic rings. The van der Waals surface area contributed by atoms with E-state index in [0.717, 1.165) is 18.7 Å². The topological polar surface area (TPSA) is 38.1 Å². The molecular formula is C16H17ClFN3O. The fraction of sp³-hybridized carbons (Fsp3) is 0.375. The van der Waals surface area contributed by atoms with Crippen LogP contribution in [0.25, 0.3) is 0 Å². The summed E-state index contributed by atoms with van der Waals surface area (Å²) in [6.07, 6.45) is 5.53. The molecule has 6 heteroatoms. The van der Waals surface area contributed by atoms with Gasteiger partial charge >= 0.3 is 0 Å². The van der Waals surface area contributed by atoms with Crippen molar-refractivity contribution in [2.24, 2.45) is 0 Å². The van der Waals surface area contributed by atoms with E-state index in [1.54, 1.807) is 31.5 Å². The molecular weight excluding hydrogens is 305 g/mol. The predicted octanol–water partition coefficient (Wildman–Crippen LogP) is 3.23. The van der Waals surface area contributed by atoms with Crippen molar-refractivity contribution in [2.45, 2.75) is 38.9 Å². The normalized spacial score (nSPS) is 14.1. The minimum Gasteiger partial charge on any atom is -0.332 e. The molecule has 1 amide bonds. The lowest BCUT2D eigenvalue weighted by Crippen LogP contribution is -2.31. The highest BCUT2D eigenvalue weighted by atomic mass is 35.5. The zero-order valence-electron chi connectivity index (χ0n) is 12.3. The molecule has 2 aromatic rings. The summed E-state index contributed by atoms with van der Waals surface area (Å²) >= 11 is 6.08. The van der Waals surface area contributed by atoms with Gasteiger partial charge in [0.2, 0.25) is 5.91 Å². The average Bonchev–Trinajstić information content (AvgIpc) is 3.21. The number of halogens is 2. The van der Waals surface area contributed by atoms with Crippen LogP contribution >= 0.6 is 11.6 Å². The standard InChI is InChI=1S/C16H17ClFN3O/c1-11(22)21(12-5-6-12)10-16-19-7-8-20(16)9-13-14(17)3-2-4-15(13)18/h2-4,7-8,12H,5-6,9-10H2,1H3. The smallest absolute Gasteiger partial charge is 0.220 e. The molecule has 1 saturated carbocycles. The largest absolute Gasteiger partial charge is 0.332 e. The fourth-order valence-corrected chi connectivity index (χ4v) is 2.75. The van der Waals surface area contributed by atoms with E-state index in [1.165, 1.54) is 6.07 Å². The molecule has 0 radical (unpaired) electrons. The van der Waals surface area contributed by atoms with Gasteiger partial charge in [-0.1, -0.05) is 17.7 Å². The van der Waals surface area contributed by atoms with Crippen molar-refractivity contribution < 1.29 is 9.18 Å². The zero-order valence-corrected chi connectivity index (χ0v) is 13.1.